The van der Waals surface area contributed by atoms with Crippen LogP contribution in [0.3, 0.4) is 0 Å². The predicted octanol–water partition coefficient (Wildman–Crippen LogP) is 2.95. The Morgan fingerprint density at radius 1 is 1.36 bits per heavy atom. The van der Waals surface area contributed by atoms with E-state index in [4.69, 9.17) is 13.9 Å². The number of piperidine rings is 1. The van der Waals surface area contributed by atoms with Crippen molar-refractivity contribution in [1.29, 1.82) is 0 Å². The first kappa shape index (κ1) is 23.4. The minimum Gasteiger partial charge on any atom is -0.467 e. The van der Waals surface area contributed by atoms with E-state index in [1.54, 1.807) is 18.4 Å². The third kappa shape index (κ3) is 7.20. The summed E-state index contributed by atoms with van der Waals surface area (Å²) < 4.78 is 17.1. The molecule has 3 rings (SSSR count). The van der Waals surface area contributed by atoms with Gasteiger partial charge < -0.3 is 29.2 Å². The summed E-state index contributed by atoms with van der Waals surface area (Å²) in [6.45, 7) is 6.53. The molecule has 2 atom stereocenters. The van der Waals surface area contributed by atoms with E-state index in [-0.39, 0.29) is 36.6 Å². The van der Waals surface area contributed by atoms with E-state index in [9.17, 15) is 5.11 Å². The van der Waals surface area contributed by atoms with Crippen LogP contribution in [0.1, 0.15) is 50.9 Å². The van der Waals surface area contributed by atoms with Crippen molar-refractivity contribution in [1.82, 2.24) is 10.2 Å². The molecule has 2 aliphatic heterocycles. The Bertz CT molecular complexity index is 556. The number of ether oxygens (including phenoxy) is 2. The van der Waals surface area contributed by atoms with Gasteiger partial charge in [0.15, 0.2) is 5.96 Å². The van der Waals surface area contributed by atoms with Crippen LogP contribution in [0.2, 0.25) is 0 Å². The average Bonchev–Trinajstić information content (AvgIpc) is 3.26. The number of aliphatic hydroxyl groups is 1. The Hall–Kier alpha value is -0.840. The molecule has 2 saturated heterocycles. The average molecular weight is 507 g/mol. The van der Waals surface area contributed by atoms with Crippen LogP contribution in [-0.4, -0.2) is 67.6 Å². The summed E-state index contributed by atoms with van der Waals surface area (Å²) in [6, 6.07) is 3.54. The maximum atomic E-state index is 10.2. The molecule has 0 amide bonds. The molecular formula is C20H34IN3O4. The van der Waals surface area contributed by atoms with Crippen molar-refractivity contribution in [3.63, 3.8) is 0 Å². The van der Waals surface area contributed by atoms with Crippen LogP contribution in [-0.2, 0) is 9.47 Å². The van der Waals surface area contributed by atoms with Crippen LogP contribution in [0.25, 0.3) is 0 Å². The molecule has 0 spiro atoms. The molecule has 28 heavy (non-hydrogen) atoms. The molecule has 1 aromatic rings. The lowest BCUT2D eigenvalue weighted by Gasteiger charge is -2.35. The van der Waals surface area contributed by atoms with E-state index >= 15 is 0 Å². The van der Waals surface area contributed by atoms with Crippen molar-refractivity contribution in [2.24, 2.45) is 4.99 Å². The highest BCUT2D eigenvalue weighted by molar-refractivity contribution is 14.0. The lowest BCUT2D eigenvalue weighted by atomic mass is 10.1. The van der Waals surface area contributed by atoms with Crippen molar-refractivity contribution < 1.29 is 19.0 Å². The first-order chi connectivity index (χ1) is 13.3. The summed E-state index contributed by atoms with van der Waals surface area (Å²) in [7, 11) is 0. The molecule has 2 aliphatic rings. The van der Waals surface area contributed by atoms with Gasteiger partial charge in [0.05, 0.1) is 31.6 Å². The summed E-state index contributed by atoms with van der Waals surface area (Å²) in [5, 5.41) is 13.5. The van der Waals surface area contributed by atoms with Gasteiger partial charge in [-0.05, 0) is 51.2 Å². The van der Waals surface area contributed by atoms with Crippen LogP contribution in [0.15, 0.2) is 27.8 Å². The zero-order chi connectivity index (χ0) is 18.9. The van der Waals surface area contributed by atoms with Crippen molar-refractivity contribution >= 4 is 29.9 Å². The van der Waals surface area contributed by atoms with Crippen LogP contribution >= 0.6 is 24.0 Å². The normalized spacial score (nSPS) is 22.6. The highest BCUT2D eigenvalue weighted by Crippen LogP contribution is 2.18. The fourth-order valence-corrected chi connectivity index (χ4v) is 3.59. The third-order valence-electron chi connectivity index (χ3n) is 5.15. The van der Waals surface area contributed by atoms with Crippen molar-refractivity contribution in [2.45, 2.75) is 57.3 Å². The summed E-state index contributed by atoms with van der Waals surface area (Å²) in [5.74, 6) is 1.39. The summed E-state index contributed by atoms with van der Waals surface area (Å²) in [5.41, 5.74) is 0. The van der Waals surface area contributed by atoms with Gasteiger partial charge >= 0.3 is 0 Å². The van der Waals surface area contributed by atoms with Crippen molar-refractivity contribution in [3.05, 3.63) is 24.2 Å². The number of guanidine groups is 1. The Morgan fingerprint density at radius 2 is 2.18 bits per heavy atom. The fourth-order valence-electron chi connectivity index (χ4n) is 3.59. The number of aliphatic imine (C=N–C) groups is 1. The molecular weight excluding hydrogens is 473 g/mol. The number of nitrogens with zero attached hydrogens (tertiary/aromatic N) is 2. The van der Waals surface area contributed by atoms with Crippen LogP contribution in [0.5, 0.6) is 0 Å². The van der Waals surface area contributed by atoms with E-state index in [1.807, 2.05) is 0 Å². The lowest BCUT2D eigenvalue weighted by molar-refractivity contribution is -0.0721. The van der Waals surface area contributed by atoms with Crippen LogP contribution in [0.4, 0.5) is 0 Å². The molecule has 0 radical (unpaired) electrons. The summed E-state index contributed by atoms with van der Waals surface area (Å²) in [6.07, 6.45) is 6.93. The molecule has 2 N–H and O–H groups in total. The second-order valence-electron chi connectivity index (χ2n) is 7.23. The molecule has 1 aromatic heterocycles. The third-order valence-corrected chi connectivity index (χ3v) is 5.15. The molecule has 3 heterocycles. The van der Waals surface area contributed by atoms with Gasteiger partial charge in [0.25, 0.3) is 0 Å². The van der Waals surface area contributed by atoms with Gasteiger partial charge in [0.1, 0.15) is 11.9 Å². The molecule has 0 bridgehead atoms. The van der Waals surface area contributed by atoms with Crippen molar-refractivity contribution in [3.8, 4) is 0 Å². The first-order valence-corrected chi connectivity index (χ1v) is 10.2. The second kappa shape index (κ2) is 12.7. The number of furan rings is 1. The van der Waals surface area contributed by atoms with Gasteiger partial charge in [-0.3, -0.25) is 0 Å². The first-order valence-electron chi connectivity index (χ1n) is 10.2. The van der Waals surface area contributed by atoms with E-state index < -0.39 is 6.10 Å². The van der Waals surface area contributed by atoms with E-state index in [0.29, 0.717) is 18.5 Å². The zero-order valence-corrected chi connectivity index (χ0v) is 19.0. The van der Waals surface area contributed by atoms with Gasteiger partial charge in [-0.1, -0.05) is 0 Å². The highest BCUT2D eigenvalue weighted by Gasteiger charge is 2.24. The number of likely N-dealkylation sites (tertiary alicyclic amines) is 1. The summed E-state index contributed by atoms with van der Waals surface area (Å²) >= 11 is 0. The molecule has 160 valence electrons. The quantitative estimate of drug-likeness (QED) is 0.336. The number of halogens is 1. The predicted molar refractivity (Wildman–Crippen MR) is 119 cm³/mol. The number of nitrogens with one attached hydrogen (secondary N) is 1. The number of rotatable bonds is 7. The maximum Gasteiger partial charge on any atom is 0.194 e. The lowest BCUT2D eigenvalue weighted by Crippen LogP contribution is -2.47. The van der Waals surface area contributed by atoms with Gasteiger partial charge in [0.2, 0.25) is 0 Å². The molecule has 0 aromatic carbocycles. The standard InChI is InChI=1S/C20H33N3O4.HI/c1-2-21-20(22-14-18(24)19-7-5-13-26-19)23-10-8-16(9-11-23)27-15-17-6-3-4-12-25-17;/h5,7,13,16-18,24H,2-4,6,8-12,14-15H2,1H3,(H,21,22);1H. The minimum absolute atomic E-state index is 0. The Balaban J connectivity index is 0.00000280. The van der Waals surface area contributed by atoms with Gasteiger partial charge in [-0.15, -0.1) is 24.0 Å². The van der Waals surface area contributed by atoms with Crippen LogP contribution < -0.4 is 5.32 Å². The van der Waals surface area contributed by atoms with Gasteiger partial charge in [-0.2, -0.15) is 0 Å². The Labute approximate surface area is 184 Å². The maximum absolute atomic E-state index is 10.2. The van der Waals surface area contributed by atoms with Gasteiger partial charge in [0, 0.05) is 26.2 Å². The minimum atomic E-state index is -0.718. The number of hydrogen-bond acceptors (Lipinski definition) is 5. The Kier molecular flexibility index (Phi) is 10.6. The smallest absolute Gasteiger partial charge is 0.194 e. The van der Waals surface area contributed by atoms with Crippen LogP contribution in [0, 0.1) is 0 Å². The Morgan fingerprint density at radius 3 is 2.82 bits per heavy atom. The molecule has 0 saturated carbocycles. The fraction of sp³-hybridized carbons (Fsp3) is 0.750. The largest absolute Gasteiger partial charge is 0.467 e. The summed E-state index contributed by atoms with van der Waals surface area (Å²) in [4.78, 5) is 6.84. The SMILES string of the molecule is CCNC(=NCC(O)c1ccco1)N1CCC(OCC2CCCCO2)CC1.I. The second-order valence-corrected chi connectivity index (χ2v) is 7.23. The molecule has 0 aliphatic carbocycles. The topological polar surface area (TPSA) is 79.5 Å². The van der Waals surface area contributed by atoms with E-state index in [2.05, 4.69) is 22.1 Å². The molecule has 2 unspecified atom stereocenters. The monoisotopic (exact) mass is 507 g/mol. The van der Waals surface area contributed by atoms with Crippen molar-refractivity contribution in [2.75, 3.05) is 39.4 Å². The zero-order valence-electron chi connectivity index (χ0n) is 16.7. The molecule has 7 nitrogen and oxygen atoms in total. The number of aliphatic hydroxyl groups excluding tert-OH is 1. The van der Waals surface area contributed by atoms with E-state index in [1.165, 1.54) is 12.8 Å². The van der Waals surface area contributed by atoms with E-state index in [0.717, 1.165) is 51.5 Å². The molecule has 8 heteroatoms. The molecule has 2 fully saturated rings. The highest BCUT2D eigenvalue weighted by atomic mass is 127. The van der Waals surface area contributed by atoms with Gasteiger partial charge in [-0.25, -0.2) is 4.99 Å². The number of hydrogen-bond donors (Lipinski definition) is 2.